The van der Waals surface area contributed by atoms with E-state index in [2.05, 4.69) is 20.1 Å². The maximum Gasteiger partial charge on any atom is 0.169 e. The third kappa shape index (κ3) is 1.75. The standard InChI is InChI=1S/C8H13N5/c9-3-7-1-2-13(5-7)8-4-10-6-11-12-8/h4,6-7H,1-3,5,9H2. The molecule has 1 atom stereocenters. The van der Waals surface area contributed by atoms with Crippen molar-refractivity contribution in [2.75, 3.05) is 24.5 Å². The molecule has 1 aromatic rings. The highest BCUT2D eigenvalue weighted by Crippen LogP contribution is 2.19. The van der Waals surface area contributed by atoms with Gasteiger partial charge >= 0.3 is 0 Å². The Morgan fingerprint density at radius 1 is 1.62 bits per heavy atom. The summed E-state index contributed by atoms with van der Waals surface area (Å²) in [4.78, 5) is 6.11. The Morgan fingerprint density at radius 3 is 3.15 bits per heavy atom. The number of rotatable bonds is 2. The summed E-state index contributed by atoms with van der Waals surface area (Å²) in [5, 5.41) is 7.75. The molecule has 2 N–H and O–H groups in total. The number of nitrogens with zero attached hydrogens (tertiary/aromatic N) is 4. The molecular formula is C8H13N5. The van der Waals surface area contributed by atoms with Crippen LogP contribution in [0.15, 0.2) is 12.5 Å². The van der Waals surface area contributed by atoms with Gasteiger partial charge in [0.1, 0.15) is 6.33 Å². The molecule has 1 aromatic heterocycles. The fraction of sp³-hybridized carbons (Fsp3) is 0.625. The van der Waals surface area contributed by atoms with Gasteiger partial charge in [0.25, 0.3) is 0 Å². The SMILES string of the molecule is NCC1CCN(c2cncnn2)C1. The first kappa shape index (κ1) is 8.37. The maximum atomic E-state index is 5.60. The number of hydrogen-bond acceptors (Lipinski definition) is 5. The Morgan fingerprint density at radius 2 is 2.54 bits per heavy atom. The van der Waals surface area contributed by atoms with E-state index < -0.39 is 0 Å². The van der Waals surface area contributed by atoms with Crippen LogP contribution in [0.25, 0.3) is 0 Å². The highest BCUT2D eigenvalue weighted by Gasteiger charge is 2.22. The predicted octanol–water partition coefficient (Wildman–Crippen LogP) is -0.343. The minimum atomic E-state index is 0.599. The van der Waals surface area contributed by atoms with E-state index in [4.69, 9.17) is 5.73 Å². The number of hydrogen-bond donors (Lipinski definition) is 1. The van der Waals surface area contributed by atoms with Crippen LogP contribution in [0.4, 0.5) is 5.82 Å². The lowest BCUT2D eigenvalue weighted by Crippen LogP contribution is -2.23. The van der Waals surface area contributed by atoms with Crippen LogP contribution in [0, 0.1) is 5.92 Å². The van der Waals surface area contributed by atoms with Gasteiger partial charge in [-0.15, -0.1) is 10.2 Å². The fourth-order valence-electron chi connectivity index (χ4n) is 1.62. The Hall–Kier alpha value is -1.23. The topological polar surface area (TPSA) is 67.9 Å². The molecule has 0 spiro atoms. The highest BCUT2D eigenvalue weighted by atomic mass is 15.3. The molecule has 0 saturated carbocycles. The van der Waals surface area contributed by atoms with Crippen molar-refractivity contribution in [3.63, 3.8) is 0 Å². The lowest BCUT2D eigenvalue weighted by atomic mass is 10.1. The molecule has 5 heteroatoms. The Bertz CT molecular complexity index is 262. The molecule has 0 radical (unpaired) electrons. The van der Waals surface area contributed by atoms with Crippen molar-refractivity contribution in [3.8, 4) is 0 Å². The molecule has 70 valence electrons. The number of anilines is 1. The molecule has 2 rings (SSSR count). The van der Waals surface area contributed by atoms with E-state index in [1.165, 1.54) is 6.33 Å². The van der Waals surface area contributed by atoms with Crippen LogP contribution in [0.3, 0.4) is 0 Å². The average Bonchev–Trinajstić information content (AvgIpc) is 2.67. The Kier molecular flexibility index (Phi) is 2.35. The summed E-state index contributed by atoms with van der Waals surface area (Å²) in [5.74, 6) is 1.46. The summed E-state index contributed by atoms with van der Waals surface area (Å²) in [6.07, 6.45) is 4.33. The van der Waals surface area contributed by atoms with E-state index in [9.17, 15) is 0 Å². The van der Waals surface area contributed by atoms with Gasteiger partial charge in [0.15, 0.2) is 5.82 Å². The minimum Gasteiger partial charge on any atom is -0.354 e. The van der Waals surface area contributed by atoms with Crippen LogP contribution in [-0.2, 0) is 0 Å². The number of nitrogens with two attached hydrogens (primary N) is 1. The van der Waals surface area contributed by atoms with Gasteiger partial charge < -0.3 is 10.6 Å². The van der Waals surface area contributed by atoms with Crippen molar-refractivity contribution in [1.82, 2.24) is 15.2 Å². The van der Waals surface area contributed by atoms with E-state index in [0.29, 0.717) is 5.92 Å². The van der Waals surface area contributed by atoms with Gasteiger partial charge in [-0.1, -0.05) is 0 Å². The second-order valence-corrected chi connectivity index (χ2v) is 3.30. The first-order chi connectivity index (χ1) is 6.40. The van der Waals surface area contributed by atoms with Crippen molar-refractivity contribution in [1.29, 1.82) is 0 Å². The summed E-state index contributed by atoms with van der Waals surface area (Å²) in [5.41, 5.74) is 5.60. The van der Waals surface area contributed by atoms with Crippen molar-refractivity contribution in [2.24, 2.45) is 11.7 Å². The van der Waals surface area contributed by atoms with Crippen molar-refractivity contribution < 1.29 is 0 Å². The first-order valence-corrected chi connectivity index (χ1v) is 4.48. The molecule has 1 saturated heterocycles. The van der Waals surface area contributed by atoms with Crippen LogP contribution in [0.2, 0.25) is 0 Å². The van der Waals surface area contributed by atoms with Gasteiger partial charge in [0, 0.05) is 13.1 Å². The van der Waals surface area contributed by atoms with Crippen LogP contribution >= 0.6 is 0 Å². The van der Waals surface area contributed by atoms with Crippen molar-refractivity contribution >= 4 is 5.82 Å². The molecule has 0 aromatic carbocycles. The third-order valence-electron chi connectivity index (χ3n) is 2.41. The Labute approximate surface area is 77.0 Å². The van der Waals surface area contributed by atoms with Crippen LogP contribution in [0.1, 0.15) is 6.42 Å². The lowest BCUT2D eigenvalue weighted by Gasteiger charge is -2.15. The third-order valence-corrected chi connectivity index (χ3v) is 2.41. The molecule has 0 bridgehead atoms. The molecule has 5 nitrogen and oxygen atoms in total. The zero-order valence-corrected chi connectivity index (χ0v) is 7.43. The van der Waals surface area contributed by atoms with Gasteiger partial charge in [-0.3, -0.25) is 0 Å². The molecule has 1 fully saturated rings. The van der Waals surface area contributed by atoms with Crippen LogP contribution < -0.4 is 10.6 Å². The largest absolute Gasteiger partial charge is 0.354 e. The predicted molar refractivity (Wildman–Crippen MR) is 49.2 cm³/mol. The van der Waals surface area contributed by atoms with Crippen molar-refractivity contribution in [2.45, 2.75) is 6.42 Å². The molecule has 2 heterocycles. The lowest BCUT2D eigenvalue weighted by molar-refractivity contribution is 0.602. The highest BCUT2D eigenvalue weighted by molar-refractivity contribution is 5.35. The summed E-state index contributed by atoms with van der Waals surface area (Å²) in [7, 11) is 0. The van der Waals surface area contributed by atoms with E-state index in [1.807, 2.05) is 0 Å². The van der Waals surface area contributed by atoms with Gasteiger partial charge in [-0.2, -0.15) is 0 Å². The van der Waals surface area contributed by atoms with E-state index in [-0.39, 0.29) is 0 Å². The summed E-state index contributed by atoms with van der Waals surface area (Å²) >= 11 is 0. The van der Waals surface area contributed by atoms with E-state index >= 15 is 0 Å². The number of aromatic nitrogens is 3. The minimum absolute atomic E-state index is 0.599. The maximum absolute atomic E-state index is 5.60. The van der Waals surface area contributed by atoms with Gasteiger partial charge in [-0.05, 0) is 18.9 Å². The van der Waals surface area contributed by atoms with Crippen molar-refractivity contribution in [3.05, 3.63) is 12.5 Å². The first-order valence-electron chi connectivity index (χ1n) is 4.48. The molecule has 13 heavy (non-hydrogen) atoms. The van der Waals surface area contributed by atoms with Crippen LogP contribution in [0.5, 0.6) is 0 Å². The molecular weight excluding hydrogens is 166 g/mol. The zero-order valence-electron chi connectivity index (χ0n) is 7.43. The fourth-order valence-corrected chi connectivity index (χ4v) is 1.62. The summed E-state index contributed by atoms with van der Waals surface area (Å²) < 4.78 is 0. The molecule has 0 aliphatic carbocycles. The summed E-state index contributed by atoms with van der Waals surface area (Å²) in [6.45, 7) is 2.75. The average molecular weight is 179 g/mol. The smallest absolute Gasteiger partial charge is 0.169 e. The van der Waals surface area contributed by atoms with Gasteiger partial charge in [-0.25, -0.2) is 4.98 Å². The van der Waals surface area contributed by atoms with Crippen LogP contribution in [-0.4, -0.2) is 34.8 Å². The molecule has 0 amide bonds. The monoisotopic (exact) mass is 179 g/mol. The second kappa shape index (κ2) is 3.66. The molecule has 1 aliphatic rings. The normalized spacial score (nSPS) is 22.2. The molecule has 1 unspecified atom stereocenters. The summed E-state index contributed by atoms with van der Waals surface area (Å²) in [6, 6.07) is 0. The van der Waals surface area contributed by atoms with Gasteiger partial charge in [0.05, 0.1) is 6.20 Å². The van der Waals surface area contributed by atoms with E-state index in [1.54, 1.807) is 6.20 Å². The van der Waals surface area contributed by atoms with Gasteiger partial charge in [0.2, 0.25) is 0 Å². The second-order valence-electron chi connectivity index (χ2n) is 3.30. The quantitative estimate of drug-likeness (QED) is 0.672. The zero-order chi connectivity index (χ0) is 9.10. The van der Waals surface area contributed by atoms with E-state index in [0.717, 1.165) is 31.9 Å². The Balaban J connectivity index is 2.04. The molecule has 1 aliphatic heterocycles.